The summed E-state index contributed by atoms with van der Waals surface area (Å²) < 4.78 is 26.2. The molecule has 0 heterocycles. The number of benzene rings is 1. The normalized spacial score (nSPS) is 12.5. The van der Waals surface area contributed by atoms with E-state index >= 15 is 0 Å². The van der Waals surface area contributed by atoms with Crippen molar-refractivity contribution in [1.82, 2.24) is 0 Å². The molecule has 1 unspecified atom stereocenters. The minimum atomic E-state index is -0.940. The van der Waals surface area contributed by atoms with Crippen molar-refractivity contribution in [3.8, 4) is 0 Å². The van der Waals surface area contributed by atoms with Crippen molar-refractivity contribution in [3.63, 3.8) is 0 Å². The molecule has 0 radical (unpaired) electrons. The van der Waals surface area contributed by atoms with Crippen LogP contribution in [0.5, 0.6) is 0 Å². The average Bonchev–Trinajstić information content (AvgIpc) is 2.25. The molecule has 17 heavy (non-hydrogen) atoms. The lowest BCUT2D eigenvalue weighted by Crippen LogP contribution is -2.24. The summed E-state index contributed by atoms with van der Waals surface area (Å²) in [6.07, 6.45) is 1.78. The first-order chi connectivity index (χ1) is 8.04. The SMILES string of the molecule is CCCC(N)CC(=O)Cc1cccc(F)c1F. The van der Waals surface area contributed by atoms with Crippen LogP contribution in [0.25, 0.3) is 0 Å². The zero-order chi connectivity index (χ0) is 12.8. The number of carbonyl (C=O) groups excluding carboxylic acids is 1. The molecule has 94 valence electrons. The zero-order valence-electron chi connectivity index (χ0n) is 9.88. The van der Waals surface area contributed by atoms with Crippen molar-refractivity contribution < 1.29 is 13.6 Å². The van der Waals surface area contributed by atoms with Crippen molar-refractivity contribution in [2.45, 2.75) is 38.6 Å². The fraction of sp³-hybridized carbons (Fsp3) is 0.462. The number of nitrogens with two attached hydrogens (primary N) is 1. The van der Waals surface area contributed by atoms with Crippen LogP contribution < -0.4 is 5.73 Å². The highest BCUT2D eigenvalue weighted by molar-refractivity contribution is 5.81. The summed E-state index contributed by atoms with van der Waals surface area (Å²) in [5.41, 5.74) is 5.81. The van der Waals surface area contributed by atoms with Crippen molar-refractivity contribution in [1.29, 1.82) is 0 Å². The van der Waals surface area contributed by atoms with Crippen molar-refractivity contribution in [2.24, 2.45) is 5.73 Å². The summed E-state index contributed by atoms with van der Waals surface area (Å²) in [6.45, 7) is 1.98. The molecule has 1 aromatic rings. The van der Waals surface area contributed by atoms with Gasteiger partial charge in [-0.2, -0.15) is 0 Å². The van der Waals surface area contributed by atoms with Crippen LogP contribution in [-0.2, 0) is 11.2 Å². The Hall–Kier alpha value is -1.29. The van der Waals surface area contributed by atoms with Crippen molar-refractivity contribution in [3.05, 3.63) is 35.4 Å². The van der Waals surface area contributed by atoms with E-state index in [-0.39, 0.29) is 30.2 Å². The number of hydrogen-bond acceptors (Lipinski definition) is 2. The summed E-state index contributed by atoms with van der Waals surface area (Å²) in [6, 6.07) is 3.66. The predicted molar refractivity (Wildman–Crippen MR) is 62.6 cm³/mol. The lowest BCUT2D eigenvalue weighted by molar-refractivity contribution is -0.118. The van der Waals surface area contributed by atoms with Gasteiger partial charge in [0.2, 0.25) is 0 Å². The van der Waals surface area contributed by atoms with Crippen molar-refractivity contribution in [2.75, 3.05) is 0 Å². The molecular formula is C13H17F2NO. The highest BCUT2D eigenvalue weighted by Crippen LogP contribution is 2.13. The number of hydrogen-bond donors (Lipinski definition) is 1. The summed E-state index contributed by atoms with van der Waals surface area (Å²) in [4.78, 5) is 11.6. The van der Waals surface area contributed by atoms with Gasteiger partial charge in [-0.15, -0.1) is 0 Å². The first-order valence-corrected chi connectivity index (χ1v) is 5.74. The minimum absolute atomic E-state index is 0.0960. The van der Waals surface area contributed by atoms with Crippen LogP contribution in [0.15, 0.2) is 18.2 Å². The molecule has 0 aliphatic carbocycles. The Labute approximate surface area is 99.8 Å². The van der Waals surface area contributed by atoms with Gasteiger partial charge in [0, 0.05) is 18.9 Å². The second-order valence-electron chi connectivity index (χ2n) is 4.18. The molecule has 0 spiro atoms. The van der Waals surface area contributed by atoms with Crippen LogP contribution in [0.4, 0.5) is 8.78 Å². The average molecular weight is 241 g/mol. The Morgan fingerprint density at radius 2 is 2.12 bits per heavy atom. The topological polar surface area (TPSA) is 43.1 Å². The van der Waals surface area contributed by atoms with Gasteiger partial charge in [-0.3, -0.25) is 4.79 Å². The zero-order valence-corrected chi connectivity index (χ0v) is 9.88. The molecule has 0 aliphatic heterocycles. The Morgan fingerprint density at radius 1 is 1.41 bits per heavy atom. The van der Waals surface area contributed by atoms with Gasteiger partial charge in [-0.1, -0.05) is 25.5 Å². The van der Waals surface area contributed by atoms with Gasteiger partial charge in [-0.25, -0.2) is 8.78 Å². The maximum Gasteiger partial charge on any atom is 0.162 e. The predicted octanol–water partition coefficient (Wildman–Crippen LogP) is 2.59. The van der Waals surface area contributed by atoms with Crippen molar-refractivity contribution >= 4 is 5.78 Å². The van der Waals surface area contributed by atoms with Crippen LogP contribution in [0, 0.1) is 11.6 Å². The summed E-state index contributed by atoms with van der Waals surface area (Å²) in [7, 11) is 0. The van der Waals surface area contributed by atoms with Gasteiger partial charge in [-0.05, 0) is 18.1 Å². The maximum atomic E-state index is 13.3. The molecule has 0 fully saturated rings. The third kappa shape index (κ3) is 4.23. The molecule has 2 N–H and O–H groups in total. The molecule has 1 rings (SSSR count). The van der Waals surface area contributed by atoms with Crippen LogP contribution >= 0.6 is 0 Å². The van der Waals surface area contributed by atoms with E-state index in [9.17, 15) is 13.6 Å². The molecule has 0 aliphatic rings. The summed E-state index contributed by atoms with van der Waals surface area (Å²) in [5, 5.41) is 0. The minimum Gasteiger partial charge on any atom is -0.327 e. The van der Waals surface area contributed by atoms with E-state index in [1.165, 1.54) is 12.1 Å². The molecule has 0 bridgehead atoms. The molecular weight excluding hydrogens is 224 g/mol. The lowest BCUT2D eigenvalue weighted by atomic mass is 10.0. The van der Waals surface area contributed by atoms with Crippen LogP contribution in [0.3, 0.4) is 0 Å². The summed E-state index contributed by atoms with van der Waals surface area (Å²) in [5.74, 6) is -2.02. The molecule has 0 saturated carbocycles. The number of Topliss-reactive ketones (excluding diaryl/α,β-unsaturated/α-hetero) is 1. The number of rotatable bonds is 6. The summed E-state index contributed by atoms with van der Waals surface area (Å²) >= 11 is 0. The second-order valence-corrected chi connectivity index (χ2v) is 4.18. The van der Waals surface area contributed by atoms with E-state index in [1.807, 2.05) is 6.92 Å². The third-order valence-corrected chi connectivity index (χ3v) is 2.57. The van der Waals surface area contributed by atoms with E-state index in [1.54, 1.807) is 0 Å². The van der Waals surface area contributed by atoms with Gasteiger partial charge in [0.15, 0.2) is 11.6 Å². The van der Waals surface area contributed by atoms with Crippen LogP contribution in [-0.4, -0.2) is 11.8 Å². The Balaban J connectivity index is 2.59. The molecule has 0 amide bonds. The second kappa shape index (κ2) is 6.45. The van der Waals surface area contributed by atoms with E-state index in [0.717, 1.165) is 18.9 Å². The van der Waals surface area contributed by atoms with E-state index < -0.39 is 11.6 Å². The molecule has 1 aromatic carbocycles. The molecule has 1 atom stereocenters. The van der Waals surface area contributed by atoms with E-state index in [0.29, 0.717) is 0 Å². The van der Waals surface area contributed by atoms with E-state index in [2.05, 4.69) is 0 Å². The standard InChI is InChI=1S/C13H17F2NO/c1-2-4-10(16)8-11(17)7-9-5-3-6-12(14)13(9)15/h3,5-6,10H,2,4,7-8,16H2,1H3. The van der Waals surface area contributed by atoms with Gasteiger partial charge in [0.1, 0.15) is 5.78 Å². The van der Waals surface area contributed by atoms with Gasteiger partial charge >= 0.3 is 0 Å². The Kier molecular flexibility index (Phi) is 5.22. The largest absolute Gasteiger partial charge is 0.327 e. The fourth-order valence-corrected chi connectivity index (χ4v) is 1.73. The molecule has 0 saturated heterocycles. The number of carbonyl (C=O) groups is 1. The monoisotopic (exact) mass is 241 g/mol. The fourth-order valence-electron chi connectivity index (χ4n) is 1.73. The van der Waals surface area contributed by atoms with Crippen LogP contribution in [0.2, 0.25) is 0 Å². The quantitative estimate of drug-likeness (QED) is 0.831. The smallest absolute Gasteiger partial charge is 0.162 e. The first kappa shape index (κ1) is 13.8. The number of halogens is 2. The van der Waals surface area contributed by atoms with Gasteiger partial charge < -0.3 is 5.73 Å². The first-order valence-electron chi connectivity index (χ1n) is 5.74. The maximum absolute atomic E-state index is 13.3. The molecule has 0 aromatic heterocycles. The van der Waals surface area contributed by atoms with E-state index in [4.69, 9.17) is 5.73 Å². The van der Waals surface area contributed by atoms with Gasteiger partial charge in [0.05, 0.1) is 0 Å². The molecule has 4 heteroatoms. The lowest BCUT2D eigenvalue weighted by Gasteiger charge is -2.09. The Morgan fingerprint density at radius 3 is 2.76 bits per heavy atom. The molecule has 2 nitrogen and oxygen atoms in total. The van der Waals surface area contributed by atoms with Gasteiger partial charge in [0.25, 0.3) is 0 Å². The third-order valence-electron chi connectivity index (χ3n) is 2.57. The number of ketones is 1. The highest BCUT2D eigenvalue weighted by atomic mass is 19.2. The van der Waals surface area contributed by atoms with Crippen LogP contribution in [0.1, 0.15) is 31.7 Å². The Bertz CT molecular complexity index is 393. The highest BCUT2D eigenvalue weighted by Gasteiger charge is 2.13.